The second kappa shape index (κ2) is 5.77. The van der Waals surface area contributed by atoms with Crippen molar-refractivity contribution < 1.29 is 14.6 Å². The molecule has 0 aromatic rings. The second-order valence-corrected chi connectivity index (χ2v) is 6.03. The summed E-state index contributed by atoms with van der Waals surface area (Å²) >= 11 is 0. The zero-order chi connectivity index (χ0) is 14.0. The summed E-state index contributed by atoms with van der Waals surface area (Å²) in [6, 6.07) is 0.365. The minimum atomic E-state index is -0.718. The van der Waals surface area contributed by atoms with Crippen molar-refractivity contribution in [3.63, 3.8) is 0 Å². The van der Waals surface area contributed by atoms with E-state index >= 15 is 0 Å². The van der Waals surface area contributed by atoms with Crippen molar-refractivity contribution in [3.05, 3.63) is 0 Å². The van der Waals surface area contributed by atoms with Gasteiger partial charge in [0.05, 0.1) is 12.2 Å². The van der Waals surface area contributed by atoms with Crippen molar-refractivity contribution in [2.75, 3.05) is 19.6 Å². The molecule has 0 radical (unpaired) electrons. The number of nitrogens with one attached hydrogen (secondary N) is 1. The van der Waals surface area contributed by atoms with Crippen LogP contribution in [0.5, 0.6) is 0 Å². The minimum Gasteiger partial charge on any atom is -0.480 e. The molecule has 0 bridgehead atoms. The Morgan fingerprint density at radius 2 is 2.05 bits per heavy atom. The van der Waals surface area contributed by atoms with Gasteiger partial charge in [0.25, 0.3) is 0 Å². The van der Waals surface area contributed by atoms with Gasteiger partial charge in [-0.1, -0.05) is 6.92 Å². The largest absolute Gasteiger partial charge is 0.480 e. The predicted octanol–water partition coefficient (Wildman–Crippen LogP) is 1.08. The first-order chi connectivity index (χ1) is 8.97. The molecular formula is C14H26N2O3. The van der Waals surface area contributed by atoms with Crippen LogP contribution in [0.15, 0.2) is 0 Å². The summed E-state index contributed by atoms with van der Waals surface area (Å²) in [4.78, 5) is 14.0. The molecule has 4 atom stereocenters. The molecule has 1 saturated carbocycles. The highest BCUT2D eigenvalue weighted by molar-refractivity contribution is 5.79. The quantitative estimate of drug-likeness (QED) is 0.800. The van der Waals surface area contributed by atoms with Crippen molar-refractivity contribution in [1.29, 1.82) is 0 Å². The summed E-state index contributed by atoms with van der Waals surface area (Å²) in [5.74, 6) is -0.703. The van der Waals surface area contributed by atoms with Gasteiger partial charge in [-0.3, -0.25) is 9.69 Å². The molecule has 110 valence electrons. The third kappa shape index (κ3) is 3.09. The Bertz CT molecular complexity index is 327. The Morgan fingerprint density at radius 3 is 2.58 bits per heavy atom. The molecule has 0 spiro atoms. The molecule has 0 aromatic carbocycles. The fourth-order valence-corrected chi connectivity index (χ4v) is 3.62. The molecule has 5 heteroatoms. The van der Waals surface area contributed by atoms with Crippen molar-refractivity contribution in [2.24, 2.45) is 0 Å². The van der Waals surface area contributed by atoms with Crippen LogP contribution >= 0.6 is 0 Å². The molecule has 1 heterocycles. The zero-order valence-electron chi connectivity index (χ0n) is 12.2. The van der Waals surface area contributed by atoms with Gasteiger partial charge in [-0.15, -0.1) is 0 Å². The van der Waals surface area contributed by atoms with Crippen molar-refractivity contribution >= 4 is 5.97 Å². The Kier molecular flexibility index (Phi) is 4.48. The average molecular weight is 270 g/mol. The number of likely N-dealkylation sites (N-methyl/N-ethyl adjacent to an activating group) is 1. The number of hydrogen-bond acceptors (Lipinski definition) is 4. The highest BCUT2D eigenvalue weighted by atomic mass is 16.5. The maximum absolute atomic E-state index is 11.6. The minimum absolute atomic E-state index is 0.239. The van der Waals surface area contributed by atoms with Gasteiger partial charge in [0.15, 0.2) is 0 Å². The fourth-order valence-electron chi connectivity index (χ4n) is 3.62. The number of carboxylic acid groups (broad SMARTS) is 1. The lowest BCUT2D eigenvalue weighted by Gasteiger charge is -2.39. The highest BCUT2D eigenvalue weighted by Gasteiger charge is 2.47. The number of carboxylic acids is 1. The second-order valence-electron chi connectivity index (χ2n) is 6.03. The van der Waals surface area contributed by atoms with Gasteiger partial charge in [0, 0.05) is 19.1 Å². The van der Waals surface area contributed by atoms with Gasteiger partial charge >= 0.3 is 5.97 Å². The predicted molar refractivity (Wildman–Crippen MR) is 73.3 cm³/mol. The van der Waals surface area contributed by atoms with Gasteiger partial charge in [-0.2, -0.15) is 0 Å². The van der Waals surface area contributed by atoms with Crippen LogP contribution in [0.2, 0.25) is 0 Å². The maximum atomic E-state index is 11.6. The molecule has 2 fully saturated rings. The molecule has 0 aromatic heterocycles. The third-order valence-corrected chi connectivity index (χ3v) is 4.38. The number of rotatable bonds is 4. The van der Waals surface area contributed by atoms with Gasteiger partial charge in [0.2, 0.25) is 0 Å². The Balaban J connectivity index is 2.02. The number of morpholine rings is 1. The normalized spacial score (nSPS) is 40.5. The van der Waals surface area contributed by atoms with E-state index in [1.165, 1.54) is 0 Å². The Hall–Kier alpha value is -0.650. The number of ether oxygens (including phenoxy) is 1. The number of carbonyl (C=O) groups is 1. The number of nitrogens with zero attached hydrogens (tertiary/aromatic N) is 1. The molecule has 1 aliphatic carbocycles. The van der Waals surface area contributed by atoms with Crippen molar-refractivity contribution in [2.45, 2.75) is 63.8 Å². The van der Waals surface area contributed by atoms with E-state index in [-0.39, 0.29) is 12.2 Å². The Labute approximate surface area is 115 Å². The van der Waals surface area contributed by atoms with Gasteiger partial charge in [-0.05, 0) is 39.7 Å². The standard InChI is InChI=1S/C14H26N2O3/c1-4-15-14(13(17)18)6-5-12(7-14)16-8-10(2)19-11(3)9-16/h10-12,15H,4-9H2,1-3H3,(H,17,18). The summed E-state index contributed by atoms with van der Waals surface area (Å²) in [6.07, 6.45) is 2.86. The topological polar surface area (TPSA) is 61.8 Å². The average Bonchev–Trinajstić information content (AvgIpc) is 2.74. The smallest absolute Gasteiger partial charge is 0.323 e. The summed E-state index contributed by atoms with van der Waals surface area (Å²) in [6.45, 7) is 8.68. The van der Waals surface area contributed by atoms with E-state index in [1.54, 1.807) is 0 Å². The Morgan fingerprint density at radius 1 is 1.42 bits per heavy atom. The lowest BCUT2D eigenvalue weighted by molar-refractivity contribution is -0.145. The van der Waals surface area contributed by atoms with Gasteiger partial charge in [-0.25, -0.2) is 0 Å². The molecule has 5 nitrogen and oxygen atoms in total. The SMILES string of the molecule is CCNC1(C(=O)O)CCC(N2CC(C)OC(C)C2)C1. The first-order valence-corrected chi connectivity index (χ1v) is 7.35. The maximum Gasteiger partial charge on any atom is 0.323 e. The van der Waals surface area contributed by atoms with Crippen LogP contribution in [0.25, 0.3) is 0 Å². The molecule has 2 aliphatic rings. The summed E-state index contributed by atoms with van der Waals surface area (Å²) in [5, 5.41) is 12.7. The number of hydrogen-bond donors (Lipinski definition) is 2. The molecule has 2 N–H and O–H groups in total. The van der Waals surface area contributed by atoms with Gasteiger partial charge in [0.1, 0.15) is 5.54 Å². The van der Waals surface area contributed by atoms with Crippen molar-refractivity contribution in [1.82, 2.24) is 10.2 Å². The van der Waals surface area contributed by atoms with Crippen molar-refractivity contribution in [3.8, 4) is 0 Å². The van der Waals surface area contributed by atoms with Gasteiger partial charge < -0.3 is 15.2 Å². The molecule has 1 saturated heterocycles. The van der Waals surface area contributed by atoms with Crippen LogP contribution in [0.1, 0.15) is 40.0 Å². The van der Waals surface area contributed by atoms with Crippen LogP contribution < -0.4 is 5.32 Å². The van der Waals surface area contributed by atoms with E-state index in [1.807, 2.05) is 6.92 Å². The number of aliphatic carboxylic acids is 1. The van der Waals surface area contributed by atoms with Crippen LogP contribution in [-0.2, 0) is 9.53 Å². The van der Waals surface area contributed by atoms with E-state index in [0.717, 1.165) is 25.9 Å². The molecule has 19 heavy (non-hydrogen) atoms. The highest BCUT2D eigenvalue weighted by Crippen LogP contribution is 2.34. The molecule has 0 amide bonds. The van der Waals surface area contributed by atoms with Crippen LogP contribution in [-0.4, -0.2) is 59.4 Å². The van der Waals surface area contributed by atoms with Crippen LogP contribution in [0.4, 0.5) is 0 Å². The summed E-state index contributed by atoms with van der Waals surface area (Å²) < 4.78 is 5.75. The van der Waals surface area contributed by atoms with E-state index in [4.69, 9.17) is 4.74 Å². The third-order valence-electron chi connectivity index (χ3n) is 4.38. The zero-order valence-corrected chi connectivity index (χ0v) is 12.2. The van der Waals surface area contributed by atoms with E-state index in [0.29, 0.717) is 19.0 Å². The van der Waals surface area contributed by atoms with E-state index < -0.39 is 11.5 Å². The fraction of sp³-hybridized carbons (Fsp3) is 0.929. The molecule has 4 unspecified atom stereocenters. The summed E-state index contributed by atoms with van der Waals surface area (Å²) in [7, 11) is 0. The molecule has 2 rings (SSSR count). The summed E-state index contributed by atoms with van der Waals surface area (Å²) in [5.41, 5.74) is -0.718. The first-order valence-electron chi connectivity index (χ1n) is 7.35. The first kappa shape index (κ1) is 14.8. The van der Waals surface area contributed by atoms with E-state index in [9.17, 15) is 9.90 Å². The van der Waals surface area contributed by atoms with Crippen LogP contribution in [0.3, 0.4) is 0 Å². The van der Waals surface area contributed by atoms with E-state index in [2.05, 4.69) is 24.1 Å². The lowest BCUT2D eigenvalue weighted by atomic mass is 9.97. The lowest BCUT2D eigenvalue weighted by Crippen LogP contribution is -2.53. The molecule has 1 aliphatic heterocycles. The monoisotopic (exact) mass is 270 g/mol. The van der Waals surface area contributed by atoms with Crippen LogP contribution in [0, 0.1) is 0 Å². The molecular weight excluding hydrogens is 244 g/mol.